The van der Waals surface area contributed by atoms with Crippen LogP contribution in [0.4, 0.5) is 9.52 Å². The van der Waals surface area contributed by atoms with E-state index >= 15 is 0 Å². The molecule has 150 valence electrons. The molecule has 1 aromatic carbocycles. The third kappa shape index (κ3) is 5.16. The quantitative estimate of drug-likeness (QED) is 0.836. The van der Waals surface area contributed by atoms with Gasteiger partial charge in [0.15, 0.2) is 5.13 Å². The molecule has 2 amide bonds. The minimum Gasteiger partial charge on any atom is -0.341 e. The van der Waals surface area contributed by atoms with Gasteiger partial charge >= 0.3 is 0 Å². The van der Waals surface area contributed by atoms with E-state index in [-0.39, 0.29) is 23.5 Å². The van der Waals surface area contributed by atoms with Gasteiger partial charge in [-0.05, 0) is 30.5 Å². The maximum absolute atomic E-state index is 13.3. The number of thiazole rings is 1. The van der Waals surface area contributed by atoms with Gasteiger partial charge in [-0.15, -0.1) is 11.3 Å². The fraction of sp³-hybridized carbons (Fsp3) is 0.476. The largest absolute Gasteiger partial charge is 0.341 e. The zero-order chi connectivity index (χ0) is 20.3. The molecule has 0 bridgehead atoms. The Labute approximate surface area is 169 Å². The van der Waals surface area contributed by atoms with Crippen molar-refractivity contribution in [2.24, 2.45) is 11.3 Å². The van der Waals surface area contributed by atoms with Crippen LogP contribution in [0.5, 0.6) is 0 Å². The lowest BCUT2D eigenvalue weighted by molar-refractivity contribution is -0.142. The summed E-state index contributed by atoms with van der Waals surface area (Å²) < 4.78 is 13.3. The van der Waals surface area contributed by atoms with E-state index in [2.05, 4.69) is 10.3 Å². The summed E-state index contributed by atoms with van der Waals surface area (Å²) in [4.78, 5) is 32.2. The van der Waals surface area contributed by atoms with Gasteiger partial charge in [0.1, 0.15) is 5.82 Å². The topological polar surface area (TPSA) is 62.3 Å². The van der Waals surface area contributed by atoms with Gasteiger partial charge in [0, 0.05) is 36.0 Å². The average Bonchev–Trinajstić information content (AvgIpc) is 3.07. The highest BCUT2D eigenvalue weighted by Gasteiger charge is 2.33. The predicted molar refractivity (Wildman–Crippen MR) is 109 cm³/mol. The number of hydrogen-bond donors (Lipinski definition) is 1. The van der Waals surface area contributed by atoms with Crippen molar-refractivity contribution in [1.82, 2.24) is 9.88 Å². The van der Waals surface area contributed by atoms with Crippen molar-refractivity contribution in [2.45, 2.75) is 40.0 Å². The third-order valence-corrected chi connectivity index (χ3v) is 5.68. The zero-order valence-electron chi connectivity index (χ0n) is 16.5. The molecule has 3 rings (SSSR count). The molecule has 1 aromatic heterocycles. The van der Waals surface area contributed by atoms with Crippen LogP contribution in [0.25, 0.3) is 0 Å². The Morgan fingerprint density at radius 2 is 2.14 bits per heavy atom. The summed E-state index contributed by atoms with van der Waals surface area (Å²) >= 11 is 1.39. The van der Waals surface area contributed by atoms with Crippen molar-refractivity contribution in [1.29, 1.82) is 0 Å². The number of carbonyl (C=O) groups excluding carboxylic acids is 2. The summed E-state index contributed by atoms with van der Waals surface area (Å²) in [6, 6.07) is 6.46. The highest BCUT2D eigenvalue weighted by molar-refractivity contribution is 7.15. The van der Waals surface area contributed by atoms with Gasteiger partial charge < -0.3 is 10.2 Å². The van der Waals surface area contributed by atoms with Crippen LogP contribution in [0, 0.1) is 17.2 Å². The molecule has 1 unspecified atom stereocenters. The first kappa shape index (κ1) is 20.5. The van der Waals surface area contributed by atoms with E-state index in [1.165, 1.54) is 23.5 Å². The predicted octanol–water partition coefficient (Wildman–Crippen LogP) is 4.10. The molecule has 5 nitrogen and oxygen atoms in total. The van der Waals surface area contributed by atoms with Gasteiger partial charge in [-0.25, -0.2) is 9.37 Å². The molecule has 0 aliphatic carbocycles. The van der Waals surface area contributed by atoms with Crippen LogP contribution in [0.2, 0.25) is 0 Å². The summed E-state index contributed by atoms with van der Waals surface area (Å²) in [7, 11) is 0. The normalized spacial score (nSPS) is 17.4. The molecular weight excluding hydrogens is 377 g/mol. The van der Waals surface area contributed by atoms with Crippen LogP contribution in [0.15, 0.2) is 30.5 Å². The standard InChI is InChI=1S/C21H26FN3O2S/c1-21(2,3)19(27)25-9-5-7-15(13-25)18(26)24-20-23-12-17(28-20)11-14-6-4-8-16(22)10-14/h4,6,8,10,12,15H,5,7,9,11,13H2,1-3H3,(H,23,24,26). The Morgan fingerprint density at radius 1 is 1.36 bits per heavy atom. The second kappa shape index (κ2) is 8.39. The Bertz CT molecular complexity index is 859. The second-order valence-electron chi connectivity index (χ2n) is 8.27. The van der Waals surface area contributed by atoms with E-state index in [9.17, 15) is 14.0 Å². The average molecular weight is 404 g/mol. The van der Waals surface area contributed by atoms with Crippen LogP contribution in [0.1, 0.15) is 44.1 Å². The summed E-state index contributed by atoms with van der Waals surface area (Å²) in [6.07, 6.45) is 3.87. The van der Waals surface area contributed by atoms with Gasteiger partial charge in [-0.1, -0.05) is 32.9 Å². The minimum absolute atomic E-state index is 0.0802. The molecule has 1 N–H and O–H groups in total. The second-order valence-corrected chi connectivity index (χ2v) is 9.38. The number of piperidine rings is 1. The first-order chi connectivity index (χ1) is 13.2. The Kier molecular flexibility index (Phi) is 6.13. The maximum atomic E-state index is 13.3. The van der Waals surface area contributed by atoms with Crippen molar-refractivity contribution in [3.63, 3.8) is 0 Å². The van der Waals surface area contributed by atoms with Crippen molar-refractivity contribution in [2.75, 3.05) is 18.4 Å². The van der Waals surface area contributed by atoms with E-state index in [4.69, 9.17) is 0 Å². The van der Waals surface area contributed by atoms with E-state index in [1.54, 1.807) is 17.2 Å². The number of aromatic nitrogens is 1. The molecule has 0 saturated carbocycles. The Morgan fingerprint density at radius 3 is 2.86 bits per heavy atom. The Hall–Kier alpha value is -2.28. The molecule has 1 saturated heterocycles. The molecule has 2 heterocycles. The summed E-state index contributed by atoms with van der Waals surface area (Å²) in [5.74, 6) is -0.507. The number of amides is 2. The van der Waals surface area contributed by atoms with Crippen LogP contribution >= 0.6 is 11.3 Å². The number of anilines is 1. The van der Waals surface area contributed by atoms with Crippen molar-refractivity contribution < 1.29 is 14.0 Å². The minimum atomic E-state index is -0.445. The molecule has 0 radical (unpaired) electrons. The number of benzene rings is 1. The highest BCUT2D eigenvalue weighted by atomic mass is 32.1. The lowest BCUT2D eigenvalue weighted by atomic mass is 9.91. The monoisotopic (exact) mass is 403 g/mol. The summed E-state index contributed by atoms with van der Waals surface area (Å²) in [5.41, 5.74) is 0.421. The van der Waals surface area contributed by atoms with Crippen LogP contribution in [0.3, 0.4) is 0 Å². The molecule has 1 aliphatic rings. The molecule has 7 heteroatoms. The zero-order valence-corrected chi connectivity index (χ0v) is 17.3. The van der Waals surface area contributed by atoms with E-state index in [0.717, 1.165) is 23.3 Å². The Balaban J connectivity index is 1.59. The van der Waals surface area contributed by atoms with Gasteiger partial charge in [0.05, 0.1) is 5.92 Å². The maximum Gasteiger partial charge on any atom is 0.231 e. The fourth-order valence-corrected chi connectivity index (χ4v) is 4.20. The van der Waals surface area contributed by atoms with Gasteiger partial charge in [0.25, 0.3) is 0 Å². The molecule has 28 heavy (non-hydrogen) atoms. The summed E-state index contributed by atoms with van der Waals surface area (Å²) in [5, 5.41) is 3.42. The van der Waals surface area contributed by atoms with Crippen LogP contribution in [-0.4, -0.2) is 34.8 Å². The number of nitrogens with one attached hydrogen (secondary N) is 1. The SMILES string of the molecule is CC(C)(C)C(=O)N1CCCC(C(=O)Nc2ncc(Cc3cccc(F)c3)s2)C1. The van der Waals surface area contributed by atoms with Crippen molar-refractivity contribution >= 4 is 28.3 Å². The van der Waals surface area contributed by atoms with Gasteiger partial charge in [-0.3, -0.25) is 9.59 Å². The molecule has 1 aliphatic heterocycles. The van der Waals surface area contributed by atoms with Crippen molar-refractivity contribution in [3.8, 4) is 0 Å². The van der Waals surface area contributed by atoms with E-state index < -0.39 is 5.41 Å². The third-order valence-electron chi connectivity index (χ3n) is 4.77. The highest BCUT2D eigenvalue weighted by Crippen LogP contribution is 2.26. The van der Waals surface area contributed by atoms with E-state index in [1.807, 2.05) is 26.8 Å². The first-order valence-corrected chi connectivity index (χ1v) is 10.3. The number of rotatable bonds is 4. The van der Waals surface area contributed by atoms with Gasteiger partial charge in [-0.2, -0.15) is 0 Å². The lowest BCUT2D eigenvalue weighted by Gasteiger charge is -2.35. The molecule has 2 aromatic rings. The van der Waals surface area contributed by atoms with E-state index in [0.29, 0.717) is 24.6 Å². The molecule has 1 fully saturated rings. The number of nitrogens with zero attached hydrogens (tertiary/aromatic N) is 2. The summed E-state index contributed by atoms with van der Waals surface area (Å²) in [6.45, 7) is 6.84. The number of likely N-dealkylation sites (tertiary alicyclic amines) is 1. The first-order valence-electron chi connectivity index (χ1n) is 9.52. The number of halogens is 1. The number of carbonyl (C=O) groups is 2. The van der Waals surface area contributed by atoms with Crippen LogP contribution < -0.4 is 5.32 Å². The molecule has 0 spiro atoms. The van der Waals surface area contributed by atoms with Crippen LogP contribution in [-0.2, 0) is 16.0 Å². The smallest absolute Gasteiger partial charge is 0.231 e. The lowest BCUT2D eigenvalue weighted by Crippen LogP contribution is -2.47. The number of hydrogen-bond acceptors (Lipinski definition) is 4. The molecule has 1 atom stereocenters. The fourth-order valence-electron chi connectivity index (χ4n) is 3.35. The molecular formula is C21H26FN3O2S. The van der Waals surface area contributed by atoms with Gasteiger partial charge in [0.2, 0.25) is 11.8 Å². The van der Waals surface area contributed by atoms with Crippen molar-refractivity contribution in [3.05, 3.63) is 46.7 Å².